The fourth-order valence-corrected chi connectivity index (χ4v) is 3.96. The Morgan fingerprint density at radius 3 is 2.71 bits per heavy atom. The number of benzene rings is 1. The van der Waals surface area contributed by atoms with E-state index in [1.165, 1.54) is 23.1 Å². The molecule has 0 atom stereocenters. The minimum absolute atomic E-state index is 0.157. The molecule has 0 saturated heterocycles. The summed E-state index contributed by atoms with van der Waals surface area (Å²) in [5, 5.41) is 14.8. The van der Waals surface area contributed by atoms with E-state index in [0.29, 0.717) is 26.8 Å². The van der Waals surface area contributed by atoms with Gasteiger partial charge in [0, 0.05) is 17.8 Å². The lowest BCUT2D eigenvalue weighted by Crippen LogP contribution is -2.14. The molecule has 0 aliphatic carbocycles. The monoisotopic (exact) mass is 428 g/mol. The zero-order valence-corrected chi connectivity index (χ0v) is 16.7. The van der Waals surface area contributed by atoms with Crippen LogP contribution in [0.1, 0.15) is 0 Å². The van der Waals surface area contributed by atoms with Crippen molar-refractivity contribution in [3.63, 3.8) is 0 Å². The van der Waals surface area contributed by atoms with Crippen LogP contribution in [0.25, 0.3) is 17.2 Å². The van der Waals surface area contributed by atoms with E-state index in [4.69, 9.17) is 11.6 Å². The molecule has 0 aliphatic rings. The quantitative estimate of drug-likeness (QED) is 0.464. The van der Waals surface area contributed by atoms with E-state index in [0.717, 1.165) is 5.69 Å². The third kappa shape index (κ3) is 4.06. The van der Waals surface area contributed by atoms with Gasteiger partial charge < -0.3 is 5.32 Å². The van der Waals surface area contributed by atoms with Crippen LogP contribution in [0.2, 0.25) is 5.02 Å². The zero-order valence-electron chi connectivity index (χ0n) is 14.3. The maximum Gasteiger partial charge on any atom is 0.236 e. The number of aromatic nitrogens is 5. The molecule has 1 aromatic carbocycles. The van der Waals surface area contributed by atoms with Crippen LogP contribution < -0.4 is 5.32 Å². The van der Waals surface area contributed by atoms with E-state index in [2.05, 4.69) is 25.5 Å². The average molecular weight is 429 g/mol. The van der Waals surface area contributed by atoms with Crippen LogP contribution in [0, 0.1) is 0 Å². The second-order valence-corrected chi connectivity index (χ2v) is 7.73. The van der Waals surface area contributed by atoms with E-state index >= 15 is 0 Å². The number of para-hydroxylation sites is 1. The van der Waals surface area contributed by atoms with Crippen LogP contribution in [0.3, 0.4) is 0 Å². The van der Waals surface area contributed by atoms with Crippen LogP contribution in [0.15, 0.2) is 65.4 Å². The predicted molar refractivity (Wildman–Crippen MR) is 111 cm³/mol. The summed E-state index contributed by atoms with van der Waals surface area (Å²) >= 11 is 9.04. The Labute approximate surface area is 173 Å². The highest BCUT2D eigenvalue weighted by atomic mass is 35.5. The molecule has 1 amide bonds. The van der Waals surface area contributed by atoms with E-state index in [1.807, 2.05) is 41.0 Å². The molecule has 3 heterocycles. The fourth-order valence-electron chi connectivity index (χ4n) is 2.45. The molecule has 0 fully saturated rings. The van der Waals surface area contributed by atoms with Gasteiger partial charge in [0.15, 0.2) is 16.1 Å². The van der Waals surface area contributed by atoms with Crippen molar-refractivity contribution in [2.45, 2.75) is 5.16 Å². The Bertz CT molecular complexity index is 1080. The SMILES string of the molecule is O=C(CSc1nnc(-c2ccccn2)n1-c1ccccc1Cl)Nc1nccs1. The van der Waals surface area contributed by atoms with E-state index in [9.17, 15) is 4.79 Å². The second-order valence-electron chi connectivity index (χ2n) is 5.48. The maximum atomic E-state index is 12.2. The molecule has 140 valence electrons. The van der Waals surface area contributed by atoms with Gasteiger partial charge in [0.1, 0.15) is 5.69 Å². The van der Waals surface area contributed by atoms with Gasteiger partial charge in [-0.25, -0.2) is 4.98 Å². The minimum atomic E-state index is -0.173. The Kier molecular flexibility index (Phi) is 5.65. The Morgan fingerprint density at radius 1 is 1.11 bits per heavy atom. The van der Waals surface area contributed by atoms with Gasteiger partial charge in [0.05, 0.1) is 16.5 Å². The number of amides is 1. The molecule has 0 aliphatic heterocycles. The summed E-state index contributed by atoms with van der Waals surface area (Å²) in [5.41, 5.74) is 1.38. The van der Waals surface area contributed by atoms with Crippen molar-refractivity contribution in [1.29, 1.82) is 0 Å². The van der Waals surface area contributed by atoms with Crippen molar-refractivity contribution in [3.8, 4) is 17.2 Å². The molecular formula is C18H13ClN6OS2. The van der Waals surface area contributed by atoms with Gasteiger partial charge >= 0.3 is 0 Å². The molecule has 4 aromatic rings. The van der Waals surface area contributed by atoms with Crippen molar-refractivity contribution < 1.29 is 4.79 Å². The summed E-state index contributed by atoms with van der Waals surface area (Å²) in [4.78, 5) is 20.6. The lowest BCUT2D eigenvalue weighted by Gasteiger charge is -2.11. The lowest BCUT2D eigenvalue weighted by molar-refractivity contribution is -0.113. The molecule has 7 nitrogen and oxygen atoms in total. The number of halogens is 1. The van der Waals surface area contributed by atoms with Crippen molar-refractivity contribution in [2.24, 2.45) is 0 Å². The number of hydrogen-bond acceptors (Lipinski definition) is 7. The summed E-state index contributed by atoms with van der Waals surface area (Å²) in [7, 11) is 0. The van der Waals surface area contributed by atoms with E-state index in [1.54, 1.807) is 23.8 Å². The highest BCUT2D eigenvalue weighted by molar-refractivity contribution is 7.99. The maximum absolute atomic E-state index is 12.2. The predicted octanol–water partition coefficient (Wildman–Crippen LogP) is 4.17. The van der Waals surface area contributed by atoms with Crippen LogP contribution in [0.4, 0.5) is 5.13 Å². The zero-order chi connectivity index (χ0) is 19.3. The van der Waals surface area contributed by atoms with Crippen molar-refractivity contribution >= 4 is 45.7 Å². The number of rotatable bonds is 6. The van der Waals surface area contributed by atoms with Gasteiger partial charge in [-0.2, -0.15) is 0 Å². The summed E-state index contributed by atoms with van der Waals surface area (Å²) < 4.78 is 1.81. The number of hydrogen-bond donors (Lipinski definition) is 1. The normalized spacial score (nSPS) is 10.8. The number of carbonyl (C=O) groups excluding carboxylic acids is 1. The molecular weight excluding hydrogens is 416 g/mol. The Morgan fingerprint density at radius 2 is 1.96 bits per heavy atom. The molecule has 10 heteroatoms. The number of nitrogens with one attached hydrogen (secondary N) is 1. The first-order chi connectivity index (χ1) is 13.7. The number of thioether (sulfide) groups is 1. The molecule has 0 saturated carbocycles. The highest BCUT2D eigenvalue weighted by Gasteiger charge is 2.19. The first-order valence-corrected chi connectivity index (χ1v) is 10.4. The number of anilines is 1. The van der Waals surface area contributed by atoms with Gasteiger partial charge in [-0.1, -0.05) is 41.6 Å². The van der Waals surface area contributed by atoms with Crippen LogP contribution in [-0.2, 0) is 4.79 Å². The fraction of sp³-hybridized carbons (Fsp3) is 0.0556. The summed E-state index contributed by atoms with van der Waals surface area (Å²) in [6.07, 6.45) is 3.33. The summed E-state index contributed by atoms with van der Waals surface area (Å²) in [6.45, 7) is 0. The van der Waals surface area contributed by atoms with Gasteiger partial charge in [-0.05, 0) is 24.3 Å². The number of thiazole rings is 1. The molecule has 0 spiro atoms. The molecule has 4 rings (SSSR count). The lowest BCUT2D eigenvalue weighted by atomic mass is 10.3. The van der Waals surface area contributed by atoms with Gasteiger partial charge in [-0.3, -0.25) is 14.3 Å². The molecule has 28 heavy (non-hydrogen) atoms. The van der Waals surface area contributed by atoms with Crippen LogP contribution >= 0.6 is 34.7 Å². The highest BCUT2D eigenvalue weighted by Crippen LogP contribution is 2.30. The van der Waals surface area contributed by atoms with Gasteiger partial charge in [0.2, 0.25) is 5.91 Å². The smallest absolute Gasteiger partial charge is 0.236 e. The van der Waals surface area contributed by atoms with Gasteiger partial charge in [-0.15, -0.1) is 21.5 Å². The van der Waals surface area contributed by atoms with E-state index < -0.39 is 0 Å². The Hall–Kier alpha value is -2.75. The number of nitrogens with zero attached hydrogens (tertiary/aromatic N) is 5. The van der Waals surface area contributed by atoms with Gasteiger partial charge in [0.25, 0.3) is 0 Å². The van der Waals surface area contributed by atoms with E-state index in [-0.39, 0.29) is 11.7 Å². The second kappa shape index (κ2) is 8.51. The first kappa shape index (κ1) is 18.6. The summed E-state index contributed by atoms with van der Waals surface area (Å²) in [6, 6.07) is 13.0. The van der Waals surface area contributed by atoms with Crippen molar-refractivity contribution in [2.75, 3.05) is 11.1 Å². The summed E-state index contributed by atoms with van der Waals surface area (Å²) in [5.74, 6) is 0.536. The molecule has 1 N–H and O–H groups in total. The third-order valence-corrected chi connectivity index (χ3v) is 5.57. The first-order valence-electron chi connectivity index (χ1n) is 8.16. The standard InChI is InChI=1S/C18H13ClN6OS2/c19-12-5-1-2-7-14(12)25-16(13-6-3-4-8-20-13)23-24-18(25)28-11-15(26)22-17-21-9-10-27-17/h1-10H,11H2,(H,21,22,26). The largest absolute Gasteiger partial charge is 0.301 e. The minimum Gasteiger partial charge on any atom is -0.301 e. The molecule has 0 radical (unpaired) electrons. The van der Waals surface area contributed by atoms with Crippen molar-refractivity contribution in [3.05, 3.63) is 65.3 Å². The van der Waals surface area contributed by atoms with Crippen molar-refractivity contribution in [1.82, 2.24) is 24.7 Å². The molecule has 0 unspecified atom stereocenters. The third-order valence-electron chi connectivity index (χ3n) is 3.63. The van der Waals surface area contributed by atoms with Crippen LogP contribution in [0.5, 0.6) is 0 Å². The topological polar surface area (TPSA) is 85.6 Å². The van der Waals surface area contributed by atoms with Crippen LogP contribution in [-0.4, -0.2) is 36.4 Å². The number of carbonyl (C=O) groups is 1. The average Bonchev–Trinajstić information content (AvgIpc) is 3.37. The molecule has 0 bridgehead atoms. The Balaban J connectivity index is 1.65. The molecule has 3 aromatic heterocycles. The number of pyridine rings is 1.